The molecule has 0 N–H and O–H groups in total. The zero-order valence-corrected chi connectivity index (χ0v) is 18.0. The number of fused-ring (bicyclic) bond motifs is 3. The molecule has 152 valence electrons. The Balaban J connectivity index is 1.94. The van der Waals surface area contributed by atoms with Crippen LogP contribution < -0.4 is 9.47 Å². The monoisotopic (exact) mass is 418 g/mol. The van der Waals surface area contributed by atoms with E-state index in [0.29, 0.717) is 12.2 Å². The summed E-state index contributed by atoms with van der Waals surface area (Å²) in [7, 11) is 1.64. The Morgan fingerprint density at radius 1 is 1.20 bits per heavy atom. The van der Waals surface area contributed by atoms with E-state index in [0.717, 1.165) is 33.7 Å². The lowest BCUT2D eigenvalue weighted by molar-refractivity contribution is 0.336. The van der Waals surface area contributed by atoms with E-state index in [-0.39, 0.29) is 11.8 Å². The molecule has 5 nitrogen and oxygen atoms in total. The number of nitriles is 1. The first kappa shape index (κ1) is 20.0. The summed E-state index contributed by atoms with van der Waals surface area (Å²) in [5.41, 5.74) is 2.72. The number of hydrogen-bond donors (Lipinski definition) is 0. The van der Waals surface area contributed by atoms with E-state index < -0.39 is 0 Å². The topological polar surface area (TPSA) is 63.8 Å². The minimum Gasteiger partial charge on any atom is -0.497 e. The van der Waals surface area contributed by atoms with E-state index in [1.54, 1.807) is 18.4 Å². The van der Waals surface area contributed by atoms with Gasteiger partial charge in [0.25, 0.3) is 0 Å². The predicted octanol–water partition coefficient (Wildman–Crippen LogP) is 5.80. The quantitative estimate of drug-likeness (QED) is 0.375. The van der Waals surface area contributed by atoms with Gasteiger partial charge in [0.05, 0.1) is 24.5 Å². The van der Waals surface area contributed by atoms with Crippen LogP contribution in [0.1, 0.15) is 35.8 Å². The maximum Gasteiger partial charge on any atom is 0.236 e. The molecule has 1 aliphatic rings. The van der Waals surface area contributed by atoms with Gasteiger partial charge >= 0.3 is 0 Å². The Kier molecular flexibility index (Phi) is 5.73. The number of nitrogens with zero attached hydrogens (tertiary/aromatic N) is 2. The Morgan fingerprint density at radius 3 is 2.67 bits per heavy atom. The molecule has 6 heteroatoms. The molecule has 3 aromatic rings. The number of methoxy groups -OCH3 is 1. The number of aryl methyl sites for hydroxylation is 1. The number of thiophene rings is 1. The number of ether oxygens (including phenoxy) is 3. The summed E-state index contributed by atoms with van der Waals surface area (Å²) in [6.45, 7) is 4.52. The van der Waals surface area contributed by atoms with Crippen molar-refractivity contribution in [3.8, 4) is 17.6 Å². The largest absolute Gasteiger partial charge is 0.497 e. The molecule has 2 heterocycles. The third-order valence-electron chi connectivity index (χ3n) is 5.12. The Labute approximate surface area is 179 Å². The molecule has 0 amide bonds. The molecule has 1 unspecified atom stereocenters. The highest BCUT2D eigenvalue weighted by Crippen LogP contribution is 2.51. The third kappa shape index (κ3) is 3.42. The normalized spacial score (nSPS) is 15.7. The molecule has 30 heavy (non-hydrogen) atoms. The highest BCUT2D eigenvalue weighted by Gasteiger charge is 2.35. The van der Waals surface area contributed by atoms with Crippen molar-refractivity contribution < 1.29 is 14.2 Å². The lowest BCUT2D eigenvalue weighted by Crippen LogP contribution is -2.14. The van der Waals surface area contributed by atoms with Gasteiger partial charge < -0.3 is 14.2 Å². The fraction of sp³-hybridized carbons (Fsp3) is 0.250. The number of aliphatic imine (C=N–C) groups is 1. The van der Waals surface area contributed by atoms with Crippen LogP contribution in [-0.4, -0.2) is 20.1 Å². The molecule has 0 bridgehead atoms. The number of allylic oxidation sites excluding steroid dienone is 1. The SMILES string of the molecule is CCO/C=N/C1=C(C#N)C(c2ccc(OC)cc2)c2sc3c(CC)cccc3c2O1. The van der Waals surface area contributed by atoms with Crippen LogP contribution in [0.2, 0.25) is 0 Å². The molecule has 0 aliphatic carbocycles. The third-order valence-corrected chi connectivity index (χ3v) is 6.45. The van der Waals surface area contributed by atoms with Crippen molar-refractivity contribution in [2.24, 2.45) is 4.99 Å². The Morgan fingerprint density at radius 2 is 2.00 bits per heavy atom. The van der Waals surface area contributed by atoms with Gasteiger partial charge in [-0.2, -0.15) is 10.3 Å². The molecule has 4 rings (SSSR count). The van der Waals surface area contributed by atoms with E-state index in [1.807, 2.05) is 37.3 Å². The average molecular weight is 419 g/mol. The van der Waals surface area contributed by atoms with Crippen molar-refractivity contribution in [3.63, 3.8) is 0 Å². The van der Waals surface area contributed by atoms with Crippen LogP contribution in [0.15, 0.2) is 58.9 Å². The average Bonchev–Trinajstić information content (AvgIpc) is 3.16. The van der Waals surface area contributed by atoms with Crippen molar-refractivity contribution in [1.82, 2.24) is 0 Å². The van der Waals surface area contributed by atoms with Gasteiger partial charge in [-0.1, -0.05) is 31.2 Å². The standard InChI is InChI=1S/C24H22N2O3S/c1-4-15-7-6-8-18-21-23(30-22(15)18)20(16-9-11-17(27-3)12-10-16)19(13-25)24(29-21)26-14-28-5-2/h6-12,14,20H,4-5H2,1-3H3/b26-14+. The van der Waals surface area contributed by atoms with Crippen molar-refractivity contribution in [2.45, 2.75) is 26.2 Å². The molecule has 1 atom stereocenters. The molecule has 0 saturated carbocycles. The Bertz CT molecular complexity index is 1170. The molecular formula is C24H22N2O3S. The van der Waals surface area contributed by atoms with E-state index in [1.165, 1.54) is 16.7 Å². The van der Waals surface area contributed by atoms with Gasteiger partial charge in [-0.05, 0) is 42.7 Å². The molecular weight excluding hydrogens is 396 g/mol. The highest BCUT2D eigenvalue weighted by atomic mass is 32.1. The summed E-state index contributed by atoms with van der Waals surface area (Å²) < 4.78 is 18.0. The fourth-order valence-electron chi connectivity index (χ4n) is 3.64. The van der Waals surface area contributed by atoms with Crippen molar-refractivity contribution in [1.29, 1.82) is 5.26 Å². The van der Waals surface area contributed by atoms with Crippen LogP contribution in [0, 0.1) is 11.3 Å². The van der Waals surface area contributed by atoms with Gasteiger partial charge in [0.2, 0.25) is 5.88 Å². The summed E-state index contributed by atoms with van der Waals surface area (Å²) >= 11 is 1.69. The maximum absolute atomic E-state index is 10.0. The lowest BCUT2D eigenvalue weighted by atomic mass is 9.88. The molecule has 2 aromatic carbocycles. The number of rotatable bonds is 6. The first-order valence-corrected chi connectivity index (χ1v) is 10.7. The summed E-state index contributed by atoms with van der Waals surface area (Å²) in [4.78, 5) is 5.35. The Hall–Kier alpha value is -3.30. The molecule has 0 spiro atoms. The first-order valence-electron chi connectivity index (χ1n) is 9.86. The highest BCUT2D eigenvalue weighted by molar-refractivity contribution is 7.19. The van der Waals surface area contributed by atoms with Crippen molar-refractivity contribution in [3.05, 3.63) is 69.9 Å². The summed E-state index contributed by atoms with van der Waals surface area (Å²) in [5.74, 6) is 1.56. The van der Waals surface area contributed by atoms with Gasteiger partial charge in [0, 0.05) is 10.1 Å². The zero-order chi connectivity index (χ0) is 21.1. The molecule has 0 fully saturated rings. The maximum atomic E-state index is 10.0. The number of benzene rings is 2. The van der Waals surface area contributed by atoms with Crippen LogP contribution in [0.3, 0.4) is 0 Å². The number of hydrogen-bond acceptors (Lipinski definition) is 6. The van der Waals surface area contributed by atoms with E-state index in [4.69, 9.17) is 14.2 Å². The van der Waals surface area contributed by atoms with Crippen LogP contribution in [0.25, 0.3) is 10.1 Å². The van der Waals surface area contributed by atoms with E-state index in [9.17, 15) is 5.26 Å². The van der Waals surface area contributed by atoms with Gasteiger partial charge in [0.1, 0.15) is 17.4 Å². The van der Waals surface area contributed by atoms with Gasteiger partial charge in [0.15, 0.2) is 12.2 Å². The zero-order valence-electron chi connectivity index (χ0n) is 17.1. The second kappa shape index (κ2) is 8.60. The van der Waals surface area contributed by atoms with Crippen LogP contribution in [0.4, 0.5) is 0 Å². The van der Waals surface area contributed by atoms with Crippen LogP contribution >= 0.6 is 11.3 Å². The summed E-state index contributed by atoms with van der Waals surface area (Å²) in [6.07, 6.45) is 2.27. The minimum absolute atomic E-state index is 0.263. The first-order chi connectivity index (χ1) is 14.7. The predicted molar refractivity (Wildman–Crippen MR) is 119 cm³/mol. The van der Waals surface area contributed by atoms with Gasteiger partial charge in [-0.3, -0.25) is 0 Å². The second-order valence-corrected chi connectivity index (χ2v) is 7.82. The second-order valence-electron chi connectivity index (χ2n) is 6.77. The van der Waals surface area contributed by atoms with Crippen LogP contribution in [-0.2, 0) is 11.2 Å². The summed E-state index contributed by atoms with van der Waals surface area (Å²) in [5, 5.41) is 11.1. The molecule has 1 aliphatic heterocycles. The fourth-order valence-corrected chi connectivity index (χ4v) is 5.09. The summed E-state index contributed by atoms with van der Waals surface area (Å²) in [6, 6.07) is 16.4. The molecule has 0 saturated heterocycles. The van der Waals surface area contributed by atoms with Gasteiger partial charge in [-0.15, -0.1) is 11.3 Å². The minimum atomic E-state index is -0.263. The van der Waals surface area contributed by atoms with Crippen LogP contribution in [0.5, 0.6) is 11.5 Å². The van der Waals surface area contributed by atoms with E-state index >= 15 is 0 Å². The van der Waals surface area contributed by atoms with Crippen molar-refractivity contribution >= 4 is 27.8 Å². The molecule has 1 aromatic heterocycles. The van der Waals surface area contributed by atoms with Gasteiger partial charge in [-0.25, -0.2) is 0 Å². The van der Waals surface area contributed by atoms with E-state index in [2.05, 4.69) is 30.1 Å². The van der Waals surface area contributed by atoms with Crippen molar-refractivity contribution in [2.75, 3.05) is 13.7 Å². The lowest BCUT2D eigenvalue weighted by Gasteiger charge is -2.24. The molecule has 0 radical (unpaired) electrons. The smallest absolute Gasteiger partial charge is 0.236 e.